The summed E-state index contributed by atoms with van der Waals surface area (Å²) in [6.45, 7) is 3.06. The first-order valence-electron chi connectivity index (χ1n) is 7.14. The van der Waals surface area contributed by atoms with E-state index in [0.29, 0.717) is 11.3 Å². The number of pyridine rings is 1. The fraction of sp³-hybridized carbons (Fsp3) is 0.600. The van der Waals surface area contributed by atoms with E-state index in [1.54, 1.807) is 12.3 Å². The summed E-state index contributed by atoms with van der Waals surface area (Å²) in [5.41, 5.74) is 6.69. The van der Waals surface area contributed by atoms with Gasteiger partial charge in [-0.1, -0.05) is 26.2 Å². The molecule has 1 aliphatic rings. The van der Waals surface area contributed by atoms with Crippen LogP contribution in [0.1, 0.15) is 49.4 Å². The van der Waals surface area contributed by atoms with Gasteiger partial charge in [-0.15, -0.1) is 0 Å². The summed E-state index contributed by atoms with van der Waals surface area (Å²) in [5, 5.41) is 2.96. The third-order valence-corrected chi connectivity index (χ3v) is 3.98. The van der Waals surface area contributed by atoms with Crippen LogP contribution in [-0.4, -0.2) is 17.4 Å². The van der Waals surface area contributed by atoms with Crippen LogP contribution in [0.5, 0.6) is 0 Å². The van der Waals surface area contributed by atoms with Gasteiger partial charge in [-0.25, -0.2) is 0 Å². The molecule has 0 spiro atoms. The summed E-state index contributed by atoms with van der Waals surface area (Å²) in [7, 11) is 0. The van der Waals surface area contributed by atoms with E-state index in [1.807, 2.05) is 0 Å². The van der Waals surface area contributed by atoms with Crippen LogP contribution in [0, 0.1) is 11.8 Å². The number of nitrogens with zero attached hydrogens (tertiary/aromatic N) is 1. The second kappa shape index (κ2) is 6.55. The molecule has 2 rings (SSSR count). The van der Waals surface area contributed by atoms with Crippen molar-refractivity contribution in [3.05, 3.63) is 24.0 Å². The van der Waals surface area contributed by atoms with E-state index in [4.69, 9.17) is 5.73 Å². The van der Waals surface area contributed by atoms with Crippen molar-refractivity contribution < 1.29 is 4.79 Å². The molecule has 2 unspecified atom stereocenters. The quantitative estimate of drug-likeness (QED) is 0.875. The molecule has 104 valence electrons. The standard InChI is InChI=1S/C15H23N3O/c1-11-3-2-4-12(9-11)5-8-18-15(19)13-6-7-17-10-14(13)16/h6-7,10-12H,2-5,8-9,16H2,1H3,(H,18,19). The van der Waals surface area contributed by atoms with Gasteiger partial charge in [0.2, 0.25) is 0 Å². The maximum absolute atomic E-state index is 12.0. The normalized spacial score (nSPS) is 23.0. The average Bonchev–Trinajstić information content (AvgIpc) is 2.39. The number of hydrogen-bond acceptors (Lipinski definition) is 3. The maximum atomic E-state index is 12.0. The van der Waals surface area contributed by atoms with Crippen LogP contribution in [0.3, 0.4) is 0 Å². The van der Waals surface area contributed by atoms with Gasteiger partial charge in [0.25, 0.3) is 5.91 Å². The maximum Gasteiger partial charge on any atom is 0.253 e. The monoisotopic (exact) mass is 261 g/mol. The Hall–Kier alpha value is -1.58. The van der Waals surface area contributed by atoms with Crippen LogP contribution in [-0.2, 0) is 0 Å². The Bertz CT molecular complexity index is 433. The molecule has 4 nitrogen and oxygen atoms in total. The molecule has 1 saturated carbocycles. The highest BCUT2D eigenvalue weighted by atomic mass is 16.1. The van der Waals surface area contributed by atoms with Crippen LogP contribution in [0.2, 0.25) is 0 Å². The number of nitrogens with two attached hydrogens (primary N) is 1. The van der Waals surface area contributed by atoms with Gasteiger partial charge in [-0.05, 0) is 30.7 Å². The molecule has 0 aliphatic heterocycles. The van der Waals surface area contributed by atoms with Crippen molar-refractivity contribution in [3.63, 3.8) is 0 Å². The van der Waals surface area contributed by atoms with Gasteiger partial charge in [0.05, 0.1) is 17.4 Å². The lowest BCUT2D eigenvalue weighted by molar-refractivity contribution is 0.0950. The molecule has 4 heteroatoms. The molecule has 0 bridgehead atoms. The first-order valence-corrected chi connectivity index (χ1v) is 7.14. The number of amides is 1. The minimum Gasteiger partial charge on any atom is -0.397 e. The van der Waals surface area contributed by atoms with Crippen molar-refractivity contribution in [2.24, 2.45) is 11.8 Å². The lowest BCUT2D eigenvalue weighted by atomic mass is 9.81. The number of nitrogens with one attached hydrogen (secondary N) is 1. The summed E-state index contributed by atoms with van der Waals surface area (Å²) in [5.74, 6) is 1.51. The van der Waals surface area contributed by atoms with E-state index in [2.05, 4.69) is 17.2 Å². The van der Waals surface area contributed by atoms with E-state index >= 15 is 0 Å². The Kier molecular flexibility index (Phi) is 4.77. The Morgan fingerprint density at radius 1 is 1.53 bits per heavy atom. The zero-order valence-corrected chi connectivity index (χ0v) is 11.6. The molecule has 3 N–H and O–H groups in total. The van der Waals surface area contributed by atoms with Crippen molar-refractivity contribution in [2.45, 2.75) is 39.0 Å². The van der Waals surface area contributed by atoms with E-state index in [0.717, 1.165) is 24.8 Å². The molecule has 1 amide bonds. The smallest absolute Gasteiger partial charge is 0.253 e. The summed E-state index contributed by atoms with van der Waals surface area (Å²) in [6.07, 6.45) is 9.46. The fourth-order valence-corrected chi connectivity index (χ4v) is 2.92. The van der Waals surface area contributed by atoms with Gasteiger partial charge in [-0.2, -0.15) is 0 Å². The van der Waals surface area contributed by atoms with Crippen molar-refractivity contribution in [3.8, 4) is 0 Å². The molecule has 0 aromatic carbocycles. The number of carbonyl (C=O) groups excluding carboxylic acids is 1. The molecule has 0 saturated heterocycles. The Morgan fingerprint density at radius 2 is 2.37 bits per heavy atom. The topological polar surface area (TPSA) is 68.0 Å². The Labute approximate surface area is 114 Å². The predicted molar refractivity (Wildman–Crippen MR) is 76.7 cm³/mol. The summed E-state index contributed by atoms with van der Waals surface area (Å²) in [4.78, 5) is 15.8. The van der Waals surface area contributed by atoms with E-state index in [9.17, 15) is 4.79 Å². The highest BCUT2D eigenvalue weighted by molar-refractivity contribution is 5.98. The number of hydrogen-bond donors (Lipinski definition) is 2. The van der Waals surface area contributed by atoms with E-state index < -0.39 is 0 Å². The highest BCUT2D eigenvalue weighted by Gasteiger charge is 2.18. The van der Waals surface area contributed by atoms with Crippen molar-refractivity contribution in [1.29, 1.82) is 0 Å². The van der Waals surface area contributed by atoms with E-state index in [1.165, 1.54) is 31.9 Å². The third kappa shape index (κ3) is 3.94. The number of aromatic nitrogens is 1. The van der Waals surface area contributed by atoms with E-state index in [-0.39, 0.29) is 5.91 Å². The van der Waals surface area contributed by atoms with Crippen LogP contribution < -0.4 is 11.1 Å². The molecule has 1 fully saturated rings. The number of carbonyl (C=O) groups is 1. The minimum atomic E-state index is -0.0937. The van der Waals surface area contributed by atoms with Gasteiger partial charge in [0.15, 0.2) is 0 Å². The third-order valence-electron chi connectivity index (χ3n) is 3.98. The zero-order valence-electron chi connectivity index (χ0n) is 11.6. The van der Waals surface area contributed by atoms with Gasteiger partial charge in [0.1, 0.15) is 0 Å². The fourth-order valence-electron chi connectivity index (χ4n) is 2.92. The number of nitrogen functional groups attached to an aromatic ring is 1. The second-order valence-corrected chi connectivity index (χ2v) is 5.65. The Morgan fingerprint density at radius 3 is 3.11 bits per heavy atom. The molecule has 0 radical (unpaired) electrons. The second-order valence-electron chi connectivity index (χ2n) is 5.65. The Balaban J connectivity index is 1.76. The molecule has 1 aliphatic carbocycles. The van der Waals surface area contributed by atoms with Crippen LogP contribution >= 0.6 is 0 Å². The molecule has 1 heterocycles. The van der Waals surface area contributed by atoms with Crippen LogP contribution in [0.4, 0.5) is 5.69 Å². The van der Waals surface area contributed by atoms with Crippen LogP contribution in [0.15, 0.2) is 18.5 Å². The molecular weight excluding hydrogens is 238 g/mol. The van der Waals surface area contributed by atoms with Crippen molar-refractivity contribution >= 4 is 11.6 Å². The summed E-state index contributed by atoms with van der Waals surface area (Å²) in [6, 6.07) is 1.66. The largest absolute Gasteiger partial charge is 0.397 e. The lowest BCUT2D eigenvalue weighted by Gasteiger charge is -2.26. The highest BCUT2D eigenvalue weighted by Crippen LogP contribution is 2.30. The zero-order chi connectivity index (χ0) is 13.7. The van der Waals surface area contributed by atoms with Crippen LogP contribution in [0.25, 0.3) is 0 Å². The van der Waals surface area contributed by atoms with Gasteiger partial charge in [0, 0.05) is 12.7 Å². The summed E-state index contributed by atoms with van der Waals surface area (Å²) < 4.78 is 0. The number of anilines is 1. The molecular formula is C15H23N3O. The van der Waals surface area contributed by atoms with Gasteiger partial charge in [-0.3, -0.25) is 9.78 Å². The summed E-state index contributed by atoms with van der Waals surface area (Å²) >= 11 is 0. The molecule has 1 aromatic heterocycles. The SMILES string of the molecule is CC1CCCC(CCNC(=O)c2ccncc2N)C1. The minimum absolute atomic E-state index is 0.0937. The molecule has 2 atom stereocenters. The van der Waals surface area contributed by atoms with Gasteiger partial charge < -0.3 is 11.1 Å². The lowest BCUT2D eigenvalue weighted by Crippen LogP contribution is -2.27. The first kappa shape index (κ1) is 13.8. The first-order chi connectivity index (χ1) is 9.16. The predicted octanol–water partition coefficient (Wildman–Crippen LogP) is 2.61. The number of rotatable bonds is 4. The molecule has 1 aromatic rings. The molecule has 19 heavy (non-hydrogen) atoms. The van der Waals surface area contributed by atoms with Crippen molar-refractivity contribution in [1.82, 2.24) is 10.3 Å². The van der Waals surface area contributed by atoms with Crippen molar-refractivity contribution in [2.75, 3.05) is 12.3 Å². The van der Waals surface area contributed by atoms with Gasteiger partial charge >= 0.3 is 0 Å². The average molecular weight is 261 g/mol.